The number of aliphatic hydroxyl groups is 1. The average Bonchev–Trinajstić information content (AvgIpc) is 2.13. The molecule has 0 saturated heterocycles. The van der Waals surface area contributed by atoms with E-state index in [1.54, 1.807) is 13.0 Å². The van der Waals surface area contributed by atoms with Gasteiger partial charge in [-0.1, -0.05) is 6.07 Å². The third kappa shape index (κ3) is 4.69. The molecular formula is C10H17NO3. The summed E-state index contributed by atoms with van der Waals surface area (Å²) in [5.74, 6) is -0.179. The summed E-state index contributed by atoms with van der Waals surface area (Å²) in [7, 11) is 0. The zero-order chi connectivity index (χ0) is 11.0. The van der Waals surface area contributed by atoms with E-state index >= 15 is 0 Å². The van der Waals surface area contributed by atoms with Crippen LogP contribution in [0.4, 0.5) is 0 Å². The Morgan fingerprint density at radius 3 is 2.21 bits per heavy atom. The van der Waals surface area contributed by atoms with Crippen LogP contribution in [-0.2, 0) is 6.42 Å². The van der Waals surface area contributed by atoms with Crippen LogP contribution < -0.4 is 5.73 Å². The van der Waals surface area contributed by atoms with Gasteiger partial charge in [0, 0.05) is 6.61 Å². The molecule has 4 heteroatoms. The SMILES string of the molecule is CCO.NCCc1ccc(O)c(O)c1. The summed E-state index contributed by atoms with van der Waals surface area (Å²) >= 11 is 0. The minimum absolute atomic E-state index is 0.0871. The Labute approximate surface area is 83.6 Å². The van der Waals surface area contributed by atoms with E-state index in [0.29, 0.717) is 13.0 Å². The molecule has 0 bridgehead atoms. The van der Waals surface area contributed by atoms with Gasteiger partial charge in [0.2, 0.25) is 0 Å². The average molecular weight is 199 g/mol. The molecule has 0 amide bonds. The van der Waals surface area contributed by atoms with Gasteiger partial charge in [-0.2, -0.15) is 0 Å². The molecule has 80 valence electrons. The minimum Gasteiger partial charge on any atom is -0.504 e. The Bertz CT molecular complexity index is 264. The number of phenolic OH excluding ortho intramolecular Hbond substituents is 2. The lowest BCUT2D eigenvalue weighted by Crippen LogP contribution is -2.02. The number of hydrogen-bond acceptors (Lipinski definition) is 4. The van der Waals surface area contributed by atoms with Gasteiger partial charge in [-0.15, -0.1) is 0 Å². The molecule has 0 aromatic heterocycles. The summed E-state index contributed by atoms with van der Waals surface area (Å²) < 4.78 is 0. The maximum atomic E-state index is 9.04. The van der Waals surface area contributed by atoms with E-state index in [1.807, 2.05) is 0 Å². The van der Waals surface area contributed by atoms with Crippen molar-refractivity contribution in [1.29, 1.82) is 0 Å². The summed E-state index contributed by atoms with van der Waals surface area (Å²) in [6, 6.07) is 4.71. The highest BCUT2D eigenvalue weighted by Crippen LogP contribution is 2.24. The van der Waals surface area contributed by atoms with Gasteiger partial charge < -0.3 is 21.1 Å². The van der Waals surface area contributed by atoms with Crippen LogP contribution in [0.25, 0.3) is 0 Å². The number of benzene rings is 1. The first-order chi connectivity index (χ1) is 6.65. The van der Waals surface area contributed by atoms with Crippen molar-refractivity contribution in [3.63, 3.8) is 0 Å². The van der Waals surface area contributed by atoms with Gasteiger partial charge in [0.1, 0.15) is 0 Å². The fourth-order valence-corrected chi connectivity index (χ4v) is 0.891. The number of aromatic hydroxyl groups is 2. The fourth-order valence-electron chi connectivity index (χ4n) is 0.891. The second-order valence-corrected chi connectivity index (χ2v) is 2.68. The third-order valence-electron chi connectivity index (χ3n) is 1.47. The smallest absolute Gasteiger partial charge is 0.157 e. The van der Waals surface area contributed by atoms with Gasteiger partial charge in [0.05, 0.1) is 0 Å². The quantitative estimate of drug-likeness (QED) is 0.525. The minimum atomic E-state index is -0.0919. The summed E-state index contributed by atoms with van der Waals surface area (Å²) in [5.41, 5.74) is 6.24. The molecule has 0 aliphatic heterocycles. The van der Waals surface area contributed by atoms with Crippen molar-refractivity contribution in [2.24, 2.45) is 5.73 Å². The van der Waals surface area contributed by atoms with Crippen LogP contribution in [0.5, 0.6) is 11.5 Å². The molecule has 0 aliphatic rings. The lowest BCUT2D eigenvalue weighted by Gasteiger charge is -2.00. The second kappa shape index (κ2) is 7.17. The number of aliphatic hydroxyl groups excluding tert-OH is 1. The number of nitrogens with two attached hydrogens (primary N) is 1. The molecule has 14 heavy (non-hydrogen) atoms. The van der Waals surface area contributed by atoms with Gasteiger partial charge in [-0.25, -0.2) is 0 Å². The zero-order valence-corrected chi connectivity index (χ0v) is 8.27. The molecule has 0 aliphatic carbocycles. The molecule has 0 unspecified atom stereocenters. The standard InChI is InChI=1S/C8H11NO2.C2H6O/c9-4-3-6-1-2-7(10)8(11)5-6;1-2-3/h1-2,5,10-11H,3-4,9H2;3H,2H2,1H3. The van der Waals surface area contributed by atoms with Crippen molar-refractivity contribution in [2.75, 3.05) is 13.2 Å². The normalized spacial score (nSPS) is 9.07. The van der Waals surface area contributed by atoms with Crippen molar-refractivity contribution in [3.8, 4) is 11.5 Å². The van der Waals surface area contributed by atoms with Gasteiger partial charge in [-0.3, -0.25) is 0 Å². The van der Waals surface area contributed by atoms with E-state index in [1.165, 1.54) is 12.1 Å². The largest absolute Gasteiger partial charge is 0.504 e. The molecule has 0 heterocycles. The van der Waals surface area contributed by atoms with Gasteiger partial charge in [-0.05, 0) is 37.6 Å². The Kier molecular flexibility index (Phi) is 6.53. The van der Waals surface area contributed by atoms with Crippen LogP contribution in [0, 0.1) is 0 Å². The Hall–Kier alpha value is -1.26. The van der Waals surface area contributed by atoms with Gasteiger partial charge in [0.15, 0.2) is 11.5 Å². The lowest BCUT2D eigenvalue weighted by atomic mass is 10.1. The molecule has 0 fully saturated rings. The Morgan fingerprint density at radius 1 is 1.21 bits per heavy atom. The molecule has 5 N–H and O–H groups in total. The van der Waals surface area contributed by atoms with E-state index in [0.717, 1.165) is 5.56 Å². The van der Waals surface area contributed by atoms with Crippen LogP contribution >= 0.6 is 0 Å². The fraction of sp³-hybridized carbons (Fsp3) is 0.400. The monoisotopic (exact) mass is 199 g/mol. The molecular weight excluding hydrogens is 182 g/mol. The van der Waals surface area contributed by atoms with Crippen LogP contribution in [0.3, 0.4) is 0 Å². The summed E-state index contributed by atoms with van der Waals surface area (Å²) in [6.07, 6.45) is 0.716. The van der Waals surface area contributed by atoms with Crippen LogP contribution in [-0.4, -0.2) is 28.5 Å². The first kappa shape index (κ1) is 12.7. The van der Waals surface area contributed by atoms with E-state index in [-0.39, 0.29) is 18.1 Å². The molecule has 1 aromatic rings. The van der Waals surface area contributed by atoms with E-state index < -0.39 is 0 Å². The van der Waals surface area contributed by atoms with Crippen LogP contribution in [0.2, 0.25) is 0 Å². The highest BCUT2D eigenvalue weighted by atomic mass is 16.3. The molecule has 4 nitrogen and oxygen atoms in total. The third-order valence-corrected chi connectivity index (χ3v) is 1.47. The number of phenols is 2. The van der Waals surface area contributed by atoms with Crippen molar-refractivity contribution < 1.29 is 15.3 Å². The molecule has 0 saturated carbocycles. The lowest BCUT2D eigenvalue weighted by molar-refractivity contribution is 0.318. The molecule has 1 aromatic carbocycles. The Morgan fingerprint density at radius 2 is 1.79 bits per heavy atom. The number of hydrogen-bond donors (Lipinski definition) is 4. The predicted octanol–water partition coefficient (Wildman–Crippen LogP) is 0.598. The number of rotatable bonds is 2. The second-order valence-electron chi connectivity index (χ2n) is 2.68. The molecule has 0 atom stereocenters. The van der Waals surface area contributed by atoms with E-state index in [4.69, 9.17) is 21.1 Å². The topological polar surface area (TPSA) is 86.7 Å². The van der Waals surface area contributed by atoms with Crippen molar-refractivity contribution in [2.45, 2.75) is 13.3 Å². The van der Waals surface area contributed by atoms with E-state index in [2.05, 4.69) is 0 Å². The van der Waals surface area contributed by atoms with Crippen LogP contribution in [0.1, 0.15) is 12.5 Å². The van der Waals surface area contributed by atoms with Crippen molar-refractivity contribution in [1.82, 2.24) is 0 Å². The predicted molar refractivity (Wildman–Crippen MR) is 55.3 cm³/mol. The van der Waals surface area contributed by atoms with Crippen molar-refractivity contribution in [3.05, 3.63) is 23.8 Å². The summed E-state index contributed by atoms with van der Waals surface area (Å²) in [5, 5.41) is 25.5. The van der Waals surface area contributed by atoms with Gasteiger partial charge in [0.25, 0.3) is 0 Å². The first-order valence-corrected chi connectivity index (χ1v) is 4.47. The molecule has 1 rings (SSSR count). The maximum Gasteiger partial charge on any atom is 0.157 e. The first-order valence-electron chi connectivity index (χ1n) is 4.47. The van der Waals surface area contributed by atoms with Gasteiger partial charge >= 0.3 is 0 Å². The van der Waals surface area contributed by atoms with Crippen LogP contribution in [0.15, 0.2) is 18.2 Å². The van der Waals surface area contributed by atoms with E-state index in [9.17, 15) is 0 Å². The van der Waals surface area contributed by atoms with Crippen molar-refractivity contribution >= 4 is 0 Å². The molecule has 0 spiro atoms. The zero-order valence-electron chi connectivity index (χ0n) is 8.27. The maximum absolute atomic E-state index is 9.04. The summed E-state index contributed by atoms with van der Waals surface area (Å²) in [4.78, 5) is 0. The highest BCUT2D eigenvalue weighted by molar-refractivity contribution is 5.40. The summed E-state index contributed by atoms with van der Waals surface area (Å²) in [6.45, 7) is 2.48. The highest BCUT2D eigenvalue weighted by Gasteiger charge is 1.98. The molecule has 0 radical (unpaired) electrons. The Balaban J connectivity index is 0.000000500.